The zero-order valence-electron chi connectivity index (χ0n) is 16.0. The van der Waals surface area contributed by atoms with Gasteiger partial charge in [0.1, 0.15) is 16.9 Å². The van der Waals surface area contributed by atoms with E-state index in [1.54, 1.807) is 0 Å². The van der Waals surface area contributed by atoms with Crippen molar-refractivity contribution in [2.75, 3.05) is 0 Å². The SMILES string of the molecule is CCCCCCCCCCc1cc2c(ccc3c4cc(I)oc4ccc23)o1. The highest BCUT2D eigenvalue weighted by Crippen LogP contribution is 2.34. The first-order chi connectivity index (χ1) is 13.3. The molecule has 0 saturated carbocycles. The maximum Gasteiger partial charge on any atom is 0.165 e. The third kappa shape index (κ3) is 4.18. The Balaban J connectivity index is 1.44. The minimum atomic E-state index is 0.928. The van der Waals surface area contributed by atoms with Crippen molar-refractivity contribution >= 4 is 55.3 Å². The molecule has 0 aliphatic carbocycles. The molecule has 4 rings (SSSR count). The fourth-order valence-corrected chi connectivity index (χ4v) is 4.57. The highest BCUT2D eigenvalue weighted by Gasteiger charge is 2.11. The van der Waals surface area contributed by atoms with Crippen LogP contribution in [0, 0.1) is 3.77 Å². The van der Waals surface area contributed by atoms with Gasteiger partial charge in [-0.05, 0) is 76.2 Å². The first-order valence-corrected chi connectivity index (χ1v) is 11.4. The number of furan rings is 2. The molecular formula is C24H27IO2. The van der Waals surface area contributed by atoms with Gasteiger partial charge in [0, 0.05) is 17.2 Å². The number of fused-ring (bicyclic) bond motifs is 5. The smallest absolute Gasteiger partial charge is 0.165 e. The van der Waals surface area contributed by atoms with Crippen molar-refractivity contribution in [3.63, 3.8) is 0 Å². The van der Waals surface area contributed by atoms with Gasteiger partial charge in [0.25, 0.3) is 0 Å². The second-order valence-corrected chi connectivity index (χ2v) is 8.60. The van der Waals surface area contributed by atoms with Crippen LogP contribution in [0.5, 0.6) is 0 Å². The zero-order valence-corrected chi connectivity index (χ0v) is 18.2. The van der Waals surface area contributed by atoms with Crippen molar-refractivity contribution in [3.8, 4) is 0 Å². The molecule has 2 heterocycles. The van der Waals surface area contributed by atoms with E-state index in [9.17, 15) is 0 Å². The maximum atomic E-state index is 6.13. The summed E-state index contributed by atoms with van der Waals surface area (Å²) in [5, 5.41) is 4.90. The van der Waals surface area contributed by atoms with Crippen molar-refractivity contribution in [1.82, 2.24) is 0 Å². The molecule has 0 spiro atoms. The van der Waals surface area contributed by atoms with Gasteiger partial charge in [-0.2, -0.15) is 0 Å². The van der Waals surface area contributed by atoms with Crippen molar-refractivity contribution < 1.29 is 8.83 Å². The Morgan fingerprint density at radius 2 is 1.26 bits per heavy atom. The van der Waals surface area contributed by atoms with E-state index in [1.165, 1.54) is 72.9 Å². The monoisotopic (exact) mass is 474 g/mol. The van der Waals surface area contributed by atoms with Crippen LogP contribution in [0.4, 0.5) is 0 Å². The molecule has 0 fully saturated rings. The fourth-order valence-electron chi connectivity index (χ4n) is 4.02. The van der Waals surface area contributed by atoms with Crippen LogP contribution in [-0.2, 0) is 6.42 Å². The quantitative estimate of drug-likeness (QED) is 0.179. The Hall–Kier alpha value is -1.49. The summed E-state index contributed by atoms with van der Waals surface area (Å²) >= 11 is 2.23. The van der Waals surface area contributed by atoms with E-state index in [0.717, 1.165) is 27.1 Å². The Kier molecular flexibility index (Phi) is 6.06. The molecule has 0 bridgehead atoms. The summed E-state index contributed by atoms with van der Waals surface area (Å²) in [7, 11) is 0. The van der Waals surface area contributed by atoms with Gasteiger partial charge >= 0.3 is 0 Å². The molecule has 0 aliphatic heterocycles. The Labute approximate surface area is 174 Å². The number of benzene rings is 2. The molecule has 3 heteroatoms. The molecule has 142 valence electrons. The highest BCUT2D eigenvalue weighted by atomic mass is 127. The van der Waals surface area contributed by atoms with Crippen LogP contribution >= 0.6 is 22.6 Å². The minimum absolute atomic E-state index is 0.928. The summed E-state index contributed by atoms with van der Waals surface area (Å²) in [6.07, 6.45) is 11.8. The van der Waals surface area contributed by atoms with E-state index in [2.05, 4.69) is 65.9 Å². The van der Waals surface area contributed by atoms with E-state index in [1.807, 2.05) is 0 Å². The van der Waals surface area contributed by atoms with Gasteiger partial charge in [-0.15, -0.1) is 0 Å². The standard InChI is InChI=1S/C24H27IO2/c1-2-3-4-5-6-7-8-9-10-17-15-20-18-12-14-23-21(16-24(25)27-23)19(18)11-13-22(20)26-17/h11-16H,2-10H2,1H3. The lowest BCUT2D eigenvalue weighted by molar-refractivity contribution is 0.518. The minimum Gasteiger partial charge on any atom is -0.461 e. The van der Waals surface area contributed by atoms with Gasteiger partial charge in [0.15, 0.2) is 3.77 Å². The van der Waals surface area contributed by atoms with Crippen LogP contribution in [-0.4, -0.2) is 0 Å². The topological polar surface area (TPSA) is 26.3 Å². The second kappa shape index (κ2) is 8.68. The van der Waals surface area contributed by atoms with Gasteiger partial charge in [-0.3, -0.25) is 0 Å². The number of hydrogen-bond acceptors (Lipinski definition) is 2. The first kappa shape index (κ1) is 18.9. The number of halogens is 1. The lowest BCUT2D eigenvalue weighted by atomic mass is 10.0. The molecule has 0 atom stereocenters. The molecule has 0 unspecified atom stereocenters. The molecule has 4 aromatic rings. The number of aryl methyl sites for hydroxylation is 1. The molecule has 27 heavy (non-hydrogen) atoms. The maximum absolute atomic E-state index is 6.13. The van der Waals surface area contributed by atoms with Crippen molar-refractivity contribution in [1.29, 1.82) is 0 Å². The second-order valence-electron chi connectivity index (χ2n) is 7.54. The van der Waals surface area contributed by atoms with E-state index >= 15 is 0 Å². The molecule has 2 aromatic carbocycles. The number of unbranched alkanes of at least 4 members (excludes halogenated alkanes) is 7. The van der Waals surface area contributed by atoms with Crippen molar-refractivity contribution in [3.05, 3.63) is 45.9 Å². The highest BCUT2D eigenvalue weighted by molar-refractivity contribution is 14.1. The predicted octanol–water partition coefficient (Wildman–Crippen LogP) is 8.62. The van der Waals surface area contributed by atoms with E-state index in [-0.39, 0.29) is 0 Å². The normalized spacial score (nSPS) is 11.9. The molecule has 2 nitrogen and oxygen atoms in total. The van der Waals surface area contributed by atoms with Crippen LogP contribution < -0.4 is 0 Å². The lowest BCUT2D eigenvalue weighted by Crippen LogP contribution is -1.84. The van der Waals surface area contributed by atoms with Gasteiger partial charge < -0.3 is 8.83 Å². The van der Waals surface area contributed by atoms with Crippen LogP contribution in [0.2, 0.25) is 0 Å². The van der Waals surface area contributed by atoms with Gasteiger partial charge in [-0.25, -0.2) is 0 Å². The van der Waals surface area contributed by atoms with Crippen LogP contribution in [0.25, 0.3) is 32.7 Å². The van der Waals surface area contributed by atoms with Gasteiger partial charge in [0.05, 0.1) is 0 Å². The van der Waals surface area contributed by atoms with Crippen LogP contribution in [0.1, 0.15) is 64.1 Å². The molecule has 0 radical (unpaired) electrons. The van der Waals surface area contributed by atoms with Crippen molar-refractivity contribution in [2.24, 2.45) is 0 Å². The Bertz CT molecular complexity index is 1040. The zero-order chi connectivity index (χ0) is 18.6. The molecule has 0 saturated heterocycles. The summed E-state index contributed by atoms with van der Waals surface area (Å²) in [4.78, 5) is 0. The third-order valence-electron chi connectivity index (χ3n) is 5.49. The predicted molar refractivity (Wildman–Crippen MR) is 123 cm³/mol. The summed E-state index contributed by atoms with van der Waals surface area (Å²) in [6.45, 7) is 2.27. The average molecular weight is 474 g/mol. The lowest BCUT2D eigenvalue weighted by Gasteiger charge is -2.00. The van der Waals surface area contributed by atoms with E-state index in [4.69, 9.17) is 8.83 Å². The molecule has 0 amide bonds. The molecular weight excluding hydrogens is 447 g/mol. The average Bonchev–Trinajstić information content (AvgIpc) is 3.25. The fraction of sp³-hybridized carbons (Fsp3) is 0.417. The Morgan fingerprint density at radius 1 is 0.667 bits per heavy atom. The molecule has 2 aromatic heterocycles. The molecule has 0 aliphatic rings. The summed E-state index contributed by atoms with van der Waals surface area (Å²) < 4.78 is 12.8. The summed E-state index contributed by atoms with van der Waals surface area (Å²) in [5.74, 6) is 1.12. The first-order valence-electron chi connectivity index (χ1n) is 10.3. The Morgan fingerprint density at radius 3 is 1.96 bits per heavy atom. The van der Waals surface area contributed by atoms with Crippen LogP contribution in [0.15, 0.2) is 45.2 Å². The molecule has 0 N–H and O–H groups in total. The van der Waals surface area contributed by atoms with Gasteiger partial charge in [-0.1, -0.05) is 51.9 Å². The van der Waals surface area contributed by atoms with Crippen molar-refractivity contribution in [2.45, 2.75) is 64.7 Å². The van der Waals surface area contributed by atoms with E-state index < -0.39 is 0 Å². The number of hydrogen-bond donors (Lipinski definition) is 0. The van der Waals surface area contributed by atoms with Gasteiger partial charge in [0.2, 0.25) is 0 Å². The van der Waals surface area contributed by atoms with E-state index in [0.29, 0.717) is 0 Å². The number of rotatable bonds is 9. The third-order valence-corrected chi connectivity index (χ3v) is 6.02. The largest absolute Gasteiger partial charge is 0.461 e. The summed E-state index contributed by atoms with van der Waals surface area (Å²) in [5.41, 5.74) is 1.95. The summed E-state index contributed by atoms with van der Waals surface area (Å²) in [6, 6.07) is 12.9. The van der Waals surface area contributed by atoms with Crippen LogP contribution in [0.3, 0.4) is 0 Å².